The molecule has 0 N–H and O–H groups in total. The number of fused-ring (bicyclic) bond motifs is 1. The smallest absolute Gasteiger partial charge is 0.353 e. The van der Waals surface area contributed by atoms with E-state index in [9.17, 15) is 36.1 Å². The van der Waals surface area contributed by atoms with Gasteiger partial charge >= 0.3 is 5.97 Å². The molecule has 11 heteroatoms. The van der Waals surface area contributed by atoms with E-state index in [1.165, 1.54) is 37.6 Å². The van der Waals surface area contributed by atoms with Crippen LogP contribution in [0.4, 0.5) is 22.0 Å². The number of rotatable bonds is 4. The van der Waals surface area contributed by atoms with Gasteiger partial charge in [0.1, 0.15) is 12.0 Å². The van der Waals surface area contributed by atoms with Gasteiger partial charge in [-0.15, -0.1) is 11.3 Å². The molecule has 0 radical (unpaired) electrons. The first-order valence-electron chi connectivity index (χ1n) is 7.79. The summed E-state index contributed by atoms with van der Waals surface area (Å²) in [5.41, 5.74) is -0.431. The van der Waals surface area contributed by atoms with Gasteiger partial charge in [0.25, 0.3) is 0 Å². The summed E-state index contributed by atoms with van der Waals surface area (Å²) in [5.74, 6) is -14.5. The molecule has 0 bridgehead atoms. The van der Waals surface area contributed by atoms with Crippen molar-refractivity contribution in [2.24, 2.45) is 0 Å². The van der Waals surface area contributed by atoms with Crippen molar-refractivity contribution in [3.63, 3.8) is 0 Å². The summed E-state index contributed by atoms with van der Waals surface area (Å²) in [6.45, 7) is 2.61. The molecular formula is C18H10F5O4PS. The van der Waals surface area contributed by atoms with Crippen molar-refractivity contribution in [3.8, 4) is 5.75 Å². The Morgan fingerprint density at radius 2 is 1.45 bits per heavy atom. The Labute approximate surface area is 164 Å². The normalized spacial score (nSPS) is 11.7. The van der Waals surface area contributed by atoms with Crippen LogP contribution in [0.2, 0.25) is 0 Å². The van der Waals surface area contributed by atoms with Gasteiger partial charge < -0.3 is 9.30 Å². The Hall–Kier alpha value is -2.58. The van der Waals surface area contributed by atoms with Gasteiger partial charge in [-0.3, -0.25) is 4.79 Å². The summed E-state index contributed by atoms with van der Waals surface area (Å²) in [7, 11) is -3.05. The molecule has 0 amide bonds. The van der Waals surface area contributed by atoms with Crippen LogP contribution in [-0.2, 0) is 4.57 Å². The molecule has 1 aromatic heterocycles. The molecule has 3 aromatic rings. The summed E-state index contributed by atoms with van der Waals surface area (Å²) < 4.78 is 83.7. The van der Waals surface area contributed by atoms with Crippen LogP contribution >= 0.6 is 18.5 Å². The zero-order chi connectivity index (χ0) is 21.7. The number of benzene rings is 2. The van der Waals surface area contributed by atoms with E-state index in [1.54, 1.807) is 0 Å². The van der Waals surface area contributed by atoms with E-state index in [2.05, 4.69) is 4.74 Å². The molecule has 0 saturated heterocycles. The number of hydrogen-bond donors (Lipinski definition) is 0. The lowest BCUT2D eigenvalue weighted by molar-refractivity contribution is 0.0721. The van der Waals surface area contributed by atoms with Gasteiger partial charge in [-0.2, -0.15) is 8.78 Å². The quantitative estimate of drug-likeness (QED) is 0.131. The second kappa shape index (κ2) is 7.35. The molecule has 2 aromatic carbocycles. The fourth-order valence-electron chi connectivity index (χ4n) is 2.41. The van der Waals surface area contributed by atoms with Crippen LogP contribution in [0.3, 0.4) is 0 Å². The Morgan fingerprint density at radius 3 is 2.00 bits per heavy atom. The van der Waals surface area contributed by atoms with E-state index >= 15 is 0 Å². The Kier molecular flexibility index (Phi) is 5.36. The maximum Gasteiger partial charge on any atom is 0.353 e. The molecule has 0 aliphatic carbocycles. The van der Waals surface area contributed by atoms with Crippen molar-refractivity contribution < 1.29 is 40.8 Å². The number of ether oxygens (including phenoxy) is 1. The van der Waals surface area contributed by atoms with Gasteiger partial charge in [-0.05, 0) is 43.0 Å². The van der Waals surface area contributed by atoms with Crippen molar-refractivity contribution in [1.29, 1.82) is 0 Å². The number of carbonyl (C=O) groups is 2. The highest BCUT2D eigenvalue weighted by molar-refractivity contribution is 7.79. The monoisotopic (exact) mass is 448 g/mol. The largest absolute Gasteiger partial charge is 0.416 e. The summed E-state index contributed by atoms with van der Waals surface area (Å²) in [4.78, 5) is 24.1. The van der Waals surface area contributed by atoms with Crippen molar-refractivity contribution in [3.05, 3.63) is 63.8 Å². The van der Waals surface area contributed by atoms with Gasteiger partial charge in [0.2, 0.25) is 40.4 Å². The SMILES string of the molecule is CP(C)(=O)C(=O)c1ccc2sc(C(=O)Oc3c(F)c(F)c(F)c(F)c3F)cc2c1. The van der Waals surface area contributed by atoms with Gasteiger partial charge in [-0.1, -0.05) is 0 Å². The van der Waals surface area contributed by atoms with Gasteiger partial charge in [-0.25, -0.2) is 18.0 Å². The highest BCUT2D eigenvalue weighted by Crippen LogP contribution is 2.41. The van der Waals surface area contributed by atoms with Gasteiger partial charge in [0.15, 0.2) is 0 Å². The Morgan fingerprint density at radius 1 is 0.897 bits per heavy atom. The molecule has 0 spiro atoms. The average molecular weight is 448 g/mol. The molecule has 4 nitrogen and oxygen atoms in total. The van der Waals surface area contributed by atoms with Crippen LogP contribution < -0.4 is 4.74 Å². The molecule has 0 unspecified atom stereocenters. The van der Waals surface area contributed by atoms with Gasteiger partial charge in [0.05, 0.1) is 0 Å². The third-order valence-corrected chi connectivity index (χ3v) is 6.15. The van der Waals surface area contributed by atoms with E-state index in [-0.39, 0.29) is 10.4 Å². The van der Waals surface area contributed by atoms with Crippen molar-refractivity contribution >= 4 is 40.1 Å². The molecule has 0 aliphatic rings. The maximum absolute atomic E-state index is 13.7. The van der Waals surface area contributed by atoms with Gasteiger partial charge in [0, 0.05) is 10.3 Å². The zero-order valence-corrected chi connectivity index (χ0v) is 16.4. The summed E-state index contributed by atoms with van der Waals surface area (Å²) in [6.07, 6.45) is 0. The first kappa shape index (κ1) is 21.1. The lowest BCUT2D eigenvalue weighted by atomic mass is 10.2. The number of esters is 1. The van der Waals surface area contributed by atoms with E-state index < -0.39 is 53.5 Å². The summed E-state index contributed by atoms with van der Waals surface area (Å²) >= 11 is 0.814. The molecular weight excluding hydrogens is 438 g/mol. The fourth-order valence-corrected chi connectivity index (χ4v) is 4.09. The summed E-state index contributed by atoms with van der Waals surface area (Å²) in [6, 6.07) is 5.47. The first-order valence-corrected chi connectivity index (χ1v) is 11.2. The van der Waals surface area contributed by atoms with Crippen molar-refractivity contribution in [2.75, 3.05) is 13.3 Å². The predicted octanol–water partition coefficient (Wildman–Crippen LogP) is 5.58. The molecule has 1 heterocycles. The van der Waals surface area contributed by atoms with Crippen LogP contribution in [0.5, 0.6) is 5.75 Å². The topological polar surface area (TPSA) is 60.4 Å². The number of hydrogen-bond acceptors (Lipinski definition) is 5. The third kappa shape index (κ3) is 3.82. The lowest BCUT2D eigenvalue weighted by Crippen LogP contribution is -2.12. The van der Waals surface area contributed by atoms with Crippen molar-refractivity contribution in [2.45, 2.75) is 0 Å². The number of thiophene rings is 1. The second-order valence-electron chi connectivity index (χ2n) is 6.31. The highest BCUT2D eigenvalue weighted by atomic mass is 32.1. The zero-order valence-electron chi connectivity index (χ0n) is 14.7. The van der Waals surface area contributed by atoms with Crippen LogP contribution in [0, 0.1) is 29.1 Å². The minimum absolute atomic E-state index is 0.142. The van der Waals surface area contributed by atoms with Crippen LogP contribution in [-0.4, -0.2) is 24.8 Å². The minimum Gasteiger partial charge on any atom is -0.416 e. The Balaban J connectivity index is 1.97. The maximum atomic E-state index is 13.7. The van der Waals surface area contributed by atoms with Crippen LogP contribution in [0.15, 0.2) is 24.3 Å². The van der Waals surface area contributed by atoms with Crippen LogP contribution in [0.25, 0.3) is 10.1 Å². The molecule has 0 atom stereocenters. The average Bonchev–Trinajstić information content (AvgIpc) is 3.10. The molecule has 152 valence electrons. The molecule has 0 aliphatic heterocycles. The van der Waals surface area contributed by atoms with Crippen LogP contribution in [0.1, 0.15) is 20.0 Å². The molecule has 3 rings (SSSR count). The fraction of sp³-hybridized carbons (Fsp3) is 0.111. The van der Waals surface area contributed by atoms with E-state index in [0.29, 0.717) is 10.1 Å². The van der Waals surface area contributed by atoms with Crippen molar-refractivity contribution in [1.82, 2.24) is 0 Å². The van der Waals surface area contributed by atoms with E-state index in [0.717, 1.165) is 11.3 Å². The first-order chi connectivity index (χ1) is 13.4. The lowest BCUT2D eigenvalue weighted by Gasteiger charge is -2.07. The number of halogens is 5. The highest BCUT2D eigenvalue weighted by Gasteiger charge is 2.29. The molecule has 0 saturated carbocycles. The van der Waals surface area contributed by atoms with E-state index in [1.807, 2.05) is 0 Å². The van der Waals surface area contributed by atoms with E-state index in [4.69, 9.17) is 0 Å². The second-order valence-corrected chi connectivity index (χ2v) is 10.5. The molecule has 29 heavy (non-hydrogen) atoms. The Bertz CT molecular complexity index is 1200. The predicted molar refractivity (Wildman–Crippen MR) is 96.8 cm³/mol. The minimum atomic E-state index is -3.05. The third-order valence-electron chi connectivity index (χ3n) is 3.82. The number of carbonyl (C=O) groups excluding carboxylic acids is 2. The standard InChI is InChI=1S/C18H10F5O4PS/c1-28(2,26)18(25)7-3-4-9-8(5-7)6-10(29-9)17(24)27-16-14(22)12(20)11(19)13(21)15(16)23/h3-6H,1-2H3. The summed E-state index contributed by atoms with van der Waals surface area (Å²) in [5, 5.41) is 0.374. The molecule has 0 fully saturated rings.